The smallest absolute Gasteiger partial charge is 0.239 e. The molecule has 0 saturated heterocycles. The highest BCUT2D eigenvalue weighted by atomic mass is 35.5. The van der Waals surface area contributed by atoms with Crippen molar-refractivity contribution in [2.45, 2.75) is 25.9 Å². The van der Waals surface area contributed by atoms with E-state index in [1.807, 2.05) is 29.0 Å². The number of nitrogens with one attached hydrogen (secondary N) is 2. The Balaban J connectivity index is 0.00000312. The minimum atomic E-state index is -0.354. The predicted octanol–water partition coefficient (Wildman–Crippen LogP) is 1.05. The molecule has 0 spiro atoms. The zero-order valence-electron chi connectivity index (χ0n) is 14.4. The number of benzene rings is 1. The maximum absolute atomic E-state index is 11.7. The highest BCUT2D eigenvalue weighted by Gasteiger charge is 2.07. The van der Waals surface area contributed by atoms with Gasteiger partial charge in [-0.3, -0.25) is 9.59 Å². The Morgan fingerprint density at radius 3 is 2.50 bits per heavy atom. The number of nitrogens with two attached hydrogens (primary N) is 1. The van der Waals surface area contributed by atoms with Gasteiger partial charge in [-0.25, -0.2) is 4.98 Å². The lowest BCUT2D eigenvalue weighted by Gasteiger charge is -2.09. The quantitative estimate of drug-likeness (QED) is 0.584. The van der Waals surface area contributed by atoms with Gasteiger partial charge in [0.1, 0.15) is 5.82 Å². The van der Waals surface area contributed by atoms with Gasteiger partial charge in [-0.15, -0.1) is 24.8 Å². The SMILES string of the molecule is Cl.Cl.NCC(=O)NCC(=O)NCc1nccn1CCCc1ccccc1. The van der Waals surface area contributed by atoms with Crippen molar-refractivity contribution in [3.8, 4) is 0 Å². The van der Waals surface area contributed by atoms with Crippen molar-refractivity contribution in [2.75, 3.05) is 13.1 Å². The van der Waals surface area contributed by atoms with Crippen LogP contribution in [0.3, 0.4) is 0 Å². The molecule has 2 aromatic rings. The minimum absolute atomic E-state index is 0. The van der Waals surface area contributed by atoms with Crippen LogP contribution in [0.15, 0.2) is 42.7 Å². The molecule has 0 unspecified atom stereocenters. The fourth-order valence-corrected chi connectivity index (χ4v) is 2.30. The largest absolute Gasteiger partial charge is 0.347 e. The summed E-state index contributed by atoms with van der Waals surface area (Å²) in [5, 5.41) is 5.16. The van der Waals surface area contributed by atoms with E-state index < -0.39 is 0 Å². The van der Waals surface area contributed by atoms with Crippen molar-refractivity contribution < 1.29 is 9.59 Å². The summed E-state index contributed by atoms with van der Waals surface area (Å²) in [4.78, 5) is 26.9. The minimum Gasteiger partial charge on any atom is -0.347 e. The molecule has 0 saturated carbocycles. The normalized spacial score (nSPS) is 9.58. The van der Waals surface area contributed by atoms with Crippen LogP contribution in [0.5, 0.6) is 0 Å². The molecule has 144 valence electrons. The molecule has 0 aliphatic rings. The molecule has 9 heteroatoms. The summed E-state index contributed by atoms with van der Waals surface area (Å²) in [7, 11) is 0. The van der Waals surface area contributed by atoms with Crippen LogP contribution in [0.25, 0.3) is 0 Å². The molecule has 0 atom stereocenters. The molecular formula is C17H25Cl2N5O2. The Morgan fingerprint density at radius 2 is 1.81 bits per heavy atom. The first-order valence-corrected chi connectivity index (χ1v) is 7.96. The van der Waals surface area contributed by atoms with Crippen LogP contribution in [-0.4, -0.2) is 34.5 Å². The van der Waals surface area contributed by atoms with Gasteiger partial charge >= 0.3 is 0 Å². The van der Waals surface area contributed by atoms with Gasteiger partial charge in [-0.1, -0.05) is 30.3 Å². The molecule has 0 aliphatic carbocycles. The molecular weight excluding hydrogens is 377 g/mol. The number of halogens is 2. The highest BCUT2D eigenvalue weighted by molar-refractivity contribution is 5.86. The third-order valence-electron chi connectivity index (χ3n) is 3.58. The number of hydrogen-bond acceptors (Lipinski definition) is 4. The average molecular weight is 402 g/mol. The topological polar surface area (TPSA) is 102 Å². The molecule has 0 fully saturated rings. The lowest BCUT2D eigenvalue weighted by Crippen LogP contribution is -2.39. The van der Waals surface area contributed by atoms with Crippen LogP contribution in [-0.2, 0) is 29.1 Å². The Hall–Kier alpha value is -2.09. The molecule has 2 rings (SSSR count). The molecule has 26 heavy (non-hydrogen) atoms. The number of nitrogens with zero attached hydrogens (tertiary/aromatic N) is 2. The Labute approximate surface area is 165 Å². The number of aromatic nitrogens is 2. The summed E-state index contributed by atoms with van der Waals surface area (Å²) in [5.74, 6) is 0.171. The van der Waals surface area contributed by atoms with Crippen molar-refractivity contribution in [2.24, 2.45) is 5.73 Å². The number of imidazole rings is 1. The van der Waals surface area contributed by atoms with E-state index in [0.717, 1.165) is 25.2 Å². The first kappa shape index (κ1) is 23.9. The average Bonchev–Trinajstić information content (AvgIpc) is 3.06. The number of rotatable bonds is 9. The molecule has 1 aromatic heterocycles. The molecule has 1 heterocycles. The van der Waals surface area contributed by atoms with Gasteiger partial charge < -0.3 is 20.9 Å². The molecule has 0 radical (unpaired) electrons. The highest BCUT2D eigenvalue weighted by Crippen LogP contribution is 2.05. The number of amides is 2. The maximum atomic E-state index is 11.7. The van der Waals surface area contributed by atoms with E-state index in [0.29, 0.717) is 6.54 Å². The van der Waals surface area contributed by atoms with E-state index >= 15 is 0 Å². The van der Waals surface area contributed by atoms with Gasteiger partial charge in [0.05, 0.1) is 19.6 Å². The van der Waals surface area contributed by atoms with Gasteiger partial charge in [0.2, 0.25) is 11.8 Å². The van der Waals surface area contributed by atoms with Crippen molar-refractivity contribution >= 4 is 36.6 Å². The second kappa shape index (κ2) is 13.2. The molecule has 4 N–H and O–H groups in total. The van der Waals surface area contributed by atoms with Crippen molar-refractivity contribution in [1.29, 1.82) is 0 Å². The Kier molecular flexibility index (Phi) is 12.1. The molecule has 0 aliphatic heterocycles. The number of carbonyl (C=O) groups excluding carboxylic acids is 2. The lowest BCUT2D eigenvalue weighted by molar-refractivity contribution is -0.125. The van der Waals surface area contributed by atoms with Crippen LogP contribution >= 0.6 is 24.8 Å². The first-order chi connectivity index (χ1) is 11.7. The van der Waals surface area contributed by atoms with Crippen LogP contribution in [0.4, 0.5) is 0 Å². The predicted molar refractivity (Wildman–Crippen MR) is 105 cm³/mol. The zero-order chi connectivity index (χ0) is 17.2. The van der Waals surface area contributed by atoms with E-state index in [1.54, 1.807) is 6.20 Å². The molecule has 7 nitrogen and oxygen atoms in total. The van der Waals surface area contributed by atoms with Crippen molar-refractivity contribution in [1.82, 2.24) is 20.2 Å². The van der Waals surface area contributed by atoms with Gasteiger partial charge in [0.15, 0.2) is 0 Å². The lowest BCUT2D eigenvalue weighted by atomic mass is 10.1. The van der Waals surface area contributed by atoms with Crippen molar-refractivity contribution in [3.63, 3.8) is 0 Å². The van der Waals surface area contributed by atoms with Crippen LogP contribution < -0.4 is 16.4 Å². The van der Waals surface area contributed by atoms with Crippen LogP contribution in [0.2, 0.25) is 0 Å². The van der Waals surface area contributed by atoms with Crippen molar-refractivity contribution in [3.05, 3.63) is 54.1 Å². The van der Waals surface area contributed by atoms with E-state index in [1.165, 1.54) is 5.56 Å². The fourth-order valence-electron chi connectivity index (χ4n) is 2.30. The first-order valence-electron chi connectivity index (χ1n) is 7.96. The van der Waals surface area contributed by atoms with E-state index in [4.69, 9.17) is 5.73 Å². The van der Waals surface area contributed by atoms with Crippen LogP contribution in [0, 0.1) is 0 Å². The summed E-state index contributed by atoms with van der Waals surface area (Å²) in [5.41, 5.74) is 6.47. The maximum Gasteiger partial charge on any atom is 0.239 e. The Morgan fingerprint density at radius 1 is 1.08 bits per heavy atom. The summed E-state index contributed by atoms with van der Waals surface area (Å²) in [6.07, 6.45) is 5.62. The monoisotopic (exact) mass is 401 g/mol. The van der Waals surface area contributed by atoms with E-state index in [9.17, 15) is 9.59 Å². The summed E-state index contributed by atoms with van der Waals surface area (Å²) in [6.45, 7) is 0.962. The van der Waals surface area contributed by atoms with Gasteiger partial charge in [0.25, 0.3) is 0 Å². The number of hydrogen-bond donors (Lipinski definition) is 3. The van der Waals surface area contributed by atoms with E-state index in [2.05, 4.69) is 27.8 Å². The third kappa shape index (κ3) is 8.33. The summed E-state index contributed by atoms with van der Waals surface area (Å²) >= 11 is 0. The molecule has 0 bridgehead atoms. The van der Waals surface area contributed by atoms with Crippen LogP contribution in [0.1, 0.15) is 17.8 Å². The zero-order valence-corrected chi connectivity index (χ0v) is 16.0. The van der Waals surface area contributed by atoms with E-state index in [-0.39, 0.29) is 49.7 Å². The van der Waals surface area contributed by atoms with Gasteiger partial charge in [0, 0.05) is 18.9 Å². The fraction of sp³-hybridized carbons (Fsp3) is 0.353. The second-order valence-corrected chi connectivity index (χ2v) is 5.38. The summed E-state index contributed by atoms with van der Waals surface area (Å²) < 4.78 is 2.03. The second-order valence-electron chi connectivity index (χ2n) is 5.38. The number of aryl methyl sites for hydroxylation is 2. The summed E-state index contributed by atoms with van der Waals surface area (Å²) in [6, 6.07) is 10.3. The molecule has 1 aromatic carbocycles. The van der Waals surface area contributed by atoms with Gasteiger partial charge in [-0.2, -0.15) is 0 Å². The number of carbonyl (C=O) groups is 2. The molecule has 2 amide bonds. The Bertz CT molecular complexity index is 664. The third-order valence-corrected chi connectivity index (χ3v) is 3.58. The standard InChI is InChI=1S/C17H23N5O2.2ClH/c18-11-16(23)21-13-17(24)20-12-15-19-8-10-22(15)9-4-7-14-5-2-1-3-6-14;;/h1-3,5-6,8,10H,4,7,9,11-13,18H2,(H,20,24)(H,21,23);2*1H. The van der Waals surface area contributed by atoms with Gasteiger partial charge in [-0.05, 0) is 18.4 Å².